The SMILES string of the molecule is O=C(NC1CCCCC1)C1(c2cccc(Br)c2)CC1. The number of amides is 1. The van der Waals surface area contributed by atoms with Crippen LogP contribution in [0.5, 0.6) is 0 Å². The minimum absolute atomic E-state index is 0.235. The third-order valence-corrected chi connectivity index (χ3v) is 5.00. The predicted octanol–water partition coefficient (Wildman–Crippen LogP) is 3.93. The maximum Gasteiger partial charge on any atom is 0.230 e. The quantitative estimate of drug-likeness (QED) is 0.897. The van der Waals surface area contributed by atoms with Gasteiger partial charge in [-0.1, -0.05) is 47.3 Å². The summed E-state index contributed by atoms with van der Waals surface area (Å²) in [6.07, 6.45) is 8.12. The maximum absolute atomic E-state index is 12.6. The fourth-order valence-electron chi connectivity index (χ4n) is 3.13. The molecule has 0 unspecified atom stereocenters. The topological polar surface area (TPSA) is 29.1 Å². The van der Waals surface area contributed by atoms with Crippen LogP contribution in [0.4, 0.5) is 0 Å². The monoisotopic (exact) mass is 321 g/mol. The second kappa shape index (κ2) is 5.28. The molecule has 1 aromatic carbocycles. The zero-order valence-electron chi connectivity index (χ0n) is 11.1. The summed E-state index contributed by atoms with van der Waals surface area (Å²) in [5.74, 6) is 0.248. The Hall–Kier alpha value is -0.830. The molecule has 2 saturated carbocycles. The van der Waals surface area contributed by atoms with Gasteiger partial charge in [-0.3, -0.25) is 4.79 Å². The van der Waals surface area contributed by atoms with Crippen molar-refractivity contribution in [3.8, 4) is 0 Å². The molecule has 0 aromatic heterocycles. The first-order chi connectivity index (χ1) is 9.21. The van der Waals surface area contributed by atoms with E-state index in [1.165, 1.54) is 19.3 Å². The lowest BCUT2D eigenvalue weighted by molar-refractivity contribution is -0.124. The lowest BCUT2D eigenvalue weighted by atomic mass is 9.92. The fraction of sp³-hybridized carbons (Fsp3) is 0.562. The van der Waals surface area contributed by atoms with Crippen LogP contribution in [0.25, 0.3) is 0 Å². The van der Waals surface area contributed by atoms with Crippen LogP contribution in [0, 0.1) is 0 Å². The van der Waals surface area contributed by atoms with Crippen molar-refractivity contribution in [2.75, 3.05) is 0 Å². The Morgan fingerprint density at radius 2 is 1.95 bits per heavy atom. The van der Waals surface area contributed by atoms with Gasteiger partial charge < -0.3 is 5.32 Å². The zero-order chi connectivity index (χ0) is 13.3. The molecule has 0 saturated heterocycles. The number of benzene rings is 1. The van der Waals surface area contributed by atoms with E-state index in [9.17, 15) is 4.79 Å². The van der Waals surface area contributed by atoms with Crippen molar-refractivity contribution in [1.82, 2.24) is 5.32 Å². The van der Waals surface area contributed by atoms with E-state index in [4.69, 9.17) is 0 Å². The van der Waals surface area contributed by atoms with Gasteiger partial charge in [-0.05, 0) is 43.4 Å². The second-order valence-electron chi connectivity index (χ2n) is 5.90. The van der Waals surface area contributed by atoms with Crippen molar-refractivity contribution < 1.29 is 4.79 Å². The molecule has 1 amide bonds. The molecule has 1 aromatic rings. The highest BCUT2D eigenvalue weighted by molar-refractivity contribution is 9.10. The van der Waals surface area contributed by atoms with E-state index in [2.05, 4.69) is 33.4 Å². The average molecular weight is 322 g/mol. The molecule has 0 bridgehead atoms. The smallest absolute Gasteiger partial charge is 0.230 e. The Balaban J connectivity index is 1.71. The Labute approximate surface area is 123 Å². The second-order valence-corrected chi connectivity index (χ2v) is 6.82. The molecular formula is C16H20BrNO. The highest BCUT2D eigenvalue weighted by Crippen LogP contribution is 2.49. The van der Waals surface area contributed by atoms with E-state index in [0.29, 0.717) is 6.04 Å². The van der Waals surface area contributed by atoms with Gasteiger partial charge in [0.1, 0.15) is 0 Å². The first-order valence-corrected chi connectivity index (χ1v) is 8.07. The van der Waals surface area contributed by atoms with E-state index < -0.39 is 0 Å². The van der Waals surface area contributed by atoms with Gasteiger partial charge in [0.25, 0.3) is 0 Å². The van der Waals surface area contributed by atoms with Crippen LogP contribution in [-0.4, -0.2) is 11.9 Å². The molecule has 102 valence electrons. The Kier molecular flexibility index (Phi) is 3.66. The number of carbonyl (C=O) groups is 1. The van der Waals surface area contributed by atoms with Crippen molar-refractivity contribution in [3.63, 3.8) is 0 Å². The molecule has 0 heterocycles. The average Bonchev–Trinajstić information content (AvgIpc) is 3.21. The van der Waals surface area contributed by atoms with Crippen LogP contribution in [-0.2, 0) is 10.2 Å². The number of hydrogen-bond donors (Lipinski definition) is 1. The molecule has 2 aliphatic rings. The van der Waals surface area contributed by atoms with E-state index in [-0.39, 0.29) is 11.3 Å². The summed E-state index contributed by atoms with van der Waals surface area (Å²) in [7, 11) is 0. The molecular weight excluding hydrogens is 302 g/mol. The standard InChI is InChI=1S/C16H20BrNO/c17-13-6-4-5-12(11-13)16(9-10-16)15(19)18-14-7-2-1-3-8-14/h4-6,11,14H,1-3,7-10H2,(H,18,19). The summed E-state index contributed by atoms with van der Waals surface area (Å²) < 4.78 is 1.06. The van der Waals surface area contributed by atoms with E-state index in [1.54, 1.807) is 0 Å². The maximum atomic E-state index is 12.6. The summed E-state index contributed by atoms with van der Waals surface area (Å²) in [5.41, 5.74) is 0.927. The molecule has 2 fully saturated rings. The molecule has 2 nitrogen and oxygen atoms in total. The summed E-state index contributed by atoms with van der Waals surface area (Å²) in [6, 6.07) is 8.61. The number of rotatable bonds is 3. The lowest BCUT2D eigenvalue weighted by Crippen LogP contribution is -2.42. The van der Waals surface area contributed by atoms with E-state index >= 15 is 0 Å². The van der Waals surface area contributed by atoms with Crippen LogP contribution in [0.15, 0.2) is 28.7 Å². The Morgan fingerprint density at radius 1 is 1.21 bits per heavy atom. The molecule has 0 spiro atoms. The summed E-state index contributed by atoms with van der Waals surface area (Å²) in [5, 5.41) is 3.29. The summed E-state index contributed by atoms with van der Waals surface area (Å²) >= 11 is 3.50. The van der Waals surface area contributed by atoms with Crippen LogP contribution < -0.4 is 5.32 Å². The molecule has 1 N–H and O–H groups in total. The van der Waals surface area contributed by atoms with Crippen molar-refractivity contribution in [1.29, 1.82) is 0 Å². The minimum atomic E-state index is -0.235. The van der Waals surface area contributed by atoms with Gasteiger partial charge in [-0.25, -0.2) is 0 Å². The molecule has 3 heteroatoms. The number of halogens is 1. The normalized spacial score (nSPS) is 21.9. The van der Waals surface area contributed by atoms with Crippen LogP contribution in [0.2, 0.25) is 0 Å². The van der Waals surface area contributed by atoms with Crippen LogP contribution in [0.1, 0.15) is 50.5 Å². The van der Waals surface area contributed by atoms with Gasteiger partial charge >= 0.3 is 0 Å². The van der Waals surface area contributed by atoms with Crippen LogP contribution >= 0.6 is 15.9 Å². The van der Waals surface area contributed by atoms with Gasteiger partial charge in [0.05, 0.1) is 5.41 Å². The van der Waals surface area contributed by atoms with Crippen molar-refractivity contribution >= 4 is 21.8 Å². The molecule has 3 rings (SSSR count). The predicted molar refractivity (Wildman–Crippen MR) is 80.1 cm³/mol. The van der Waals surface area contributed by atoms with E-state index in [0.717, 1.165) is 35.7 Å². The first kappa shape index (κ1) is 13.2. The van der Waals surface area contributed by atoms with Gasteiger partial charge in [-0.15, -0.1) is 0 Å². The van der Waals surface area contributed by atoms with Crippen molar-refractivity contribution in [2.45, 2.75) is 56.4 Å². The van der Waals surface area contributed by atoms with Gasteiger partial charge in [0.15, 0.2) is 0 Å². The molecule has 19 heavy (non-hydrogen) atoms. The fourth-order valence-corrected chi connectivity index (χ4v) is 3.53. The van der Waals surface area contributed by atoms with E-state index in [1.807, 2.05) is 12.1 Å². The Bertz CT molecular complexity index is 475. The Morgan fingerprint density at radius 3 is 2.58 bits per heavy atom. The third kappa shape index (κ3) is 2.71. The highest BCUT2D eigenvalue weighted by atomic mass is 79.9. The molecule has 0 atom stereocenters. The minimum Gasteiger partial charge on any atom is -0.353 e. The highest BCUT2D eigenvalue weighted by Gasteiger charge is 2.51. The number of hydrogen-bond acceptors (Lipinski definition) is 1. The van der Waals surface area contributed by atoms with Gasteiger partial charge in [0.2, 0.25) is 5.91 Å². The summed E-state index contributed by atoms with van der Waals surface area (Å²) in [6.45, 7) is 0. The first-order valence-electron chi connectivity index (χ1n) is 7.28. The molecule has 0 radical (unpaired) electrons. The van der Waals surface area contributed by atoms with Crippen LogP contribution in [0.3, 0.4) is 0 Å². The lowest BCUT2D eigenvalue weighted by Gasteiger charge is -2.25. The largest absolute Gasteiger partial charge is 0.353 e. The van der Waals surface area contributed by atoms with Crippen molar-refractivity contribution in [3.05, 3.63) is 34.3 Å². The van der Waals surface area contributed by atoms with Gasteiger partial charge in [0, 0.05) is 10.5 Å². The third-order valence-electron chi connectivity index (χ3n) is 4.50. The van der Waals surface area contributed by atoms with Crippen molar-refractivity contribution in [2.24, 2.45) is 0 Å². The summed E-state index contributed by atoms with van der Waals surface area (Å²) in [4.78, 5) is 12.6. The number of carbonyl (C=O) groups excluding carboxylic acids is 1. The van der Waals surface area contributed by atoms with Gasteiger partial charge in [-0.2, -0.15) is 0 Å². The molecule has 2 aliphatic carbocycles. The molecule has 0 aliphatic heterocycles. The zero-order valence-corrected chi connectivity index (χ0v) is 12.7. The number of nitrogens with one attached hydrogen (secondary N) is 1.